The molecule has 0 saturated heterocycles. The summed E-state index contributed by atoms with van der Waals surface area (Å²) in [5, 5.41) is 1.14. The molecule has 0 bridgehead atoms. The van der Waals surface area contributed by atoms with Crippen LogP contribution in [0.5, 0.6) is 0 Å². The highest BCUT2D eigenvalue weighted by Gasteiger charge is 2.14. The van der Waals surface area contributed by atoms with E-state index < -0.39 is 0 Å². The van der Waals surface area contributed by atoms with Gasteiger partial charge in [-0.25, -0.2) is 0 Å². The molecule has 106 valence electrons. The van der Waals surface area contributed by atoms with E-state index >= 15 is 0 Å². The van der Waals surface area contributed by atoms with E-state index in [1.165, 1.54) is 16.7 Å². The Hall–Kier alpha value is -2.19. The number of aryl methyl sites for hydroxylation is 3. The molecule has 2 nitrogen and oxygen atoms in total. The first-order valence-electron chi connectivity index (χ1n) is 7.25. The van der Waals surface area contributed by atoms with Crippen LogP contribution in [0.4, 0.5) is 0 Å². The maximum absolute atomic E-state index is 6.46. The summed E-state index contributed by atoms with van der Waals surface area (Å²) in [6, 6.07) is 16.4. The summed E-state index contributed by atoms with van der Waals surface area (Å²) in [4.78, 5) is 4.72. The minimum atomic E-state index is -0.186. The Bertz CT molecular complexity index is 806. The van der Waals surface area contributed by atoms with Crippen molar-refractivity contribution >= 4 is 10.9 Å². The topological polar surface area (TPSA) is 38.9 Å². The molecule has 2 heteroatoms. The second kappa shape index (κ2) is 5.30. The van der Waals surface area contributed by atoms with E-state index in [1.54, 1.807) is 0 Å². The van der Waals surface area contributed by atoms with Gasteiger partial charge in [0.2, 0.25) is 0 Å². The number of hydrogen-bond acceptors (Lipinski definition) is 2. The summed E-state index contributed by atoms with van der Waals surface area (Å²) in [6.07, 6.45) is 0. The summed E-state index contributed by atoms with van der Waals surface area (Å²) < 4.78 is 0. The zero-order valence-corrected chi connectivity index (χ0v) is 12.7. The fourth-order valence-corrected chi connectivity index (χ4v) is 2.73. The Morgan fingerprint density at radius 3 is 2.38 bits per heavy atom. The molecule has 3 rings (SSSR count). The van der Waals surface area contributed by atoms with Crippen molar-refractivity contribution in [1.29, 1.82) is 0 Å². The molecule has 0 aliphatic carbocycles. The molecular formula is C19H20N2. The molecule has 0 spiro atoms. The third-order valence-corrected chi connectivity index (χ3v) is 4.16. The van der Waals surface area contributed by atoms with Crippen LogP contribution in [0, 0.1) is 20.8 Å². The fraction of sp³-hybridized carbons (Fsp3) is 0.211. The quantitative estimate of drug-likeness (QED) is 0.761. The Morgan fingerprint density at radius 2 is 1.57 bits per heavy atom. The van der Waals surface area contributed by atoms with Crippen LogP contribution in [0.3, 0.4) is 0 Å². The van der Waals surface area contributed by atoms with Gasteiger partial charge < -0.3 is 5.73 Å². The predicted molar refractivity (Wildman–Crippen MR) is 88.4 cm³/mol. The van der Waals surface area contributed by atoms with Crippen molar-refractivity contribution < 1.29 is 0 Å². The summed E-state index contributed by atoms with van der Waals surface area (Å²) in [6.45, 7) is 6.37. The summed E-state index contributed by atoms with van der Waals surface area (Å²) in [5.74, 6) is 0. The van der Waals surface area contributed by atoms with E-state index in [0.717, 1.165) is 22.2 Å². The first-order valence-corrected chi connectivity index (χ1v) is 7.25. The van der Waals surface area contributed by atoms with E-state index in [1.807, 2.05) is 24.3 Å². The minimum absolute atomic E-state index is 0.186. The Balaban J connectivity index is 2.07. The second-order valence-electron chi connectivity index (χ2n) is 5.70. The number of fused-ring (bicyclic) bond motifs is 1. The SMILES string of the molecule is Cc1cc(C)c(C(N)c2ccc3ccccc3n2)cc1C. The number of nitrogens with two attached hydrogens (primary N) is 1. The summed E-state index contributed by atoms with van der Waals surface area (Å²) >= 11 is 0. The van der Waals surface area contributed by atoms with Crippen LogP contribution < -0.4 is 5.73 Å². The summed E-state index contributed by atoms with van der Waals surface area (Å²) in [7, 11) is 0. The highest BCUT2D eigenvalue weighted by atomic mass is 14.8. The van der Waals surface area contributed by atoms with Gasteiger partial charge in [-0.3, -0.25) is 4.98 Å². The molecule has 1 heterocycles. The van der Waals surface area contributed by atoms with Crippen LogP contribution in [0.15, 0.2) is 48.5 Å². The molecule has 0 aliphatic rings. The normalized spacial score (nSPS) is 12.6. The van der Waals surface area contributed by atoms with E-state index in [4.69, 9.17) is 10.7 Å². The van der Waals surface area contributed by atoms with E-state index in [0.29, 0.717) is 0 Å². The minimum Gasteiger partial charge on any atom is -0.319 e. The molecule has 0 aliphatic heterocycles. The van der Waals surface area contributed by atoms with Gasteiger partial charge >= 0.3 is 0 Å². The lowest BCUT2D eigenvalue weighted by Crippen LogP contribution is -2.15. The molecular weight excluding hydrogens is 256 g/mol. The number of nitrogens with zero attached hydrogens (tertiary/aromatic N) is 1. The van der Waals surface area contributed by atoms with Gasteiger partial charge in [-0.15, -0.1) is 0 Å². The number of rotatable bonds is 2. The van der Waals surface area contributed by atoms with Gasteiger partial charge in [0.05, 0.1) is 17.3 Å². The smallest absolute Gasteiger partial charge is 0.0729 e. The molecule has 0 fully saturated rings. The van der Waals surface area contributed by atoms with Gasteiger partial charge in [-0.2, -0.15) is 0 Å². The maximum atomic E-state index is 6.46. The first-order chi connectivity index (χ1) is 10.1. The predicted octanol–water partition coefficient (Wildman–Crippen LogP) is 4.21. The monoisotopic (exact) mass is 276 g/mol. The Morgan fingerprint density at radius 1 is 0.857 bits per heavy atom. The largest absolute Gasteiger partial charge is 0.319 e. The second-order valence-corrected chi connectivity index (χ2v) is 5.70. The molecule has 2 N–H and O–H groups in total. The Labute approximate surface area is 125 Å². The van der Waals surface area contributed by atoms with Crippen LogP contribution in [-0.4, -0.2) is 4.98 Å². The van der Waals surface area contributed by atoms with Crippen LogP contribution >= 0.6 is 0 Å². The van der Waals surface area contributed by atoms with Gasteiger partial charge in [-0.1, -0.05) is 36.4 Å². The molecule has 1 atom stereocenters. The zero-order chi connectivity index (χ0) is 15.0. The molecule has 3 aromatic rings. The van der Waals surface area contributed by atoms with E-state index in [2.05, 4.69) is 45.0 Å². The molecule has 21 heavy (non-hydrogen) atoms. The number of pyridine rings is 1. The van der Waals surface area contributed by atoms with Crippen molar-refractivity contribution in [3.8, 4) is 0 Å². The van der Waals surface area contributed by atoms with Crippen molar-refractivity contribution in [2.24, 2.45) is 5.73 Å². The van der Waals surface area contributed by atoms with Gasteiger partial charge in [-0.05, 0) is 55.2 Å². The lowest BCUT2D eigenvalue weighted by Gasteiger charge is -2.17. The third kappa shape index (κ3) is 2.55. The molecule has 2 aromatic carbocycles. The molecule has 0 saturated carbocycles. The lowest BCUT2D eigenvalue weighted by atomic mass is 9.94. The molecule has 0 radical (unpaired) electrons. The zero-order valence-electron chi connectivity index (χ0n) is 12.7. The van der Waals surface area contributed by atoms with Crippen LogP contribution in [0.25, 0.3) is 10.9 Å². The number of hydrogen-bond donors (Lipinski definition) is 1. The number of benzene rings is 2. The van der Waals surface area contributed by atoms with Crippen molar-refractivity contribution in [1.82, 2.24) is 4.98 Å². The van der Waals surface area contributed by atoms with Crippen LogP contribution in [0.2, 0.25) is 0 Å². The average molecular weight is 276 g/mol. The van der Waals surface area contributed by atoms with Gasteiger partial charge in [0, 0.05) is 5.39 Å². The molecule has 0 amide bonds. The maximum Gasteiger partial charge on any atom is 0.0729 e. The highest BCUT2D eigenvalue weighted by Crippen LogP contribution is 2.25. The first kappa shape index (κ1) is 13.8. The van der Waals surface area contributed by atoms with Crippen molar-refractivity contribution in [3.05, 3.63) is 76.5 Å². The summed E-state index contributed by atoms with van der Waals surface area (Å²) in [5.41, 5.74) is 13.3. The third-order valence-electron chi connectivity index (χ3n) is 4.16. The van der Waals surface area contributed by atoms with Crippen LogP contribution in [0.1, 0.15) is 34.0 Å². The van der Waals surface area contributed by atoms with Crippen molar-refractivity contribution in [2.45, 2.75) is 26.8 Å². The molecule has 1 aromatic heterocycles. The van der Waals surface area contributed by atoms with Gasteiger partial charge in [0.1, 0.15) is 0 Å². The van der Waals surface area contributed by atoms with E-state index in [9.17, 15) is 0 Å². The lowest BCUT2D eigenvalue weighted by molar-refractivity contribution is 0.825. The average Bonchev–Trinajstić information content (AvgIpc) is 2.50. The standard InChI is InChI=1S/C19H20N2/c1-12-10-14(3)16(11-13(12)2)19(20)18-9-8-15-6-4-5-7-17(15)21-18/h4-11,19H,20H2,1-3H3. The van der Waals surface area contributed by atoms with Gasteiger partial charge in [0.25, 0.3) is 0 Å². The van der Waals surface area contributed by atoms with Crippen molar-refractivity contribution in [3.63, 3.8) is 0 Å². The Kier molecular flexibility index (Phi) is 3.48. The number of para-hydroxylation sites is 1. The van der Waals surface area contributed by atoms with Crippen LogP contribution in [-0.2, 0) is 0 Å². The fourth-order valence-electron chi connectivity index (χ4n) is 2.73. The van der Waals surface area contributed by atoms with E-state index in [-0.39, 0.29) is 6.04 Å². The van der Waals surface area contributed by atoms with Crippen molar-refractivity contribution in [2.75, 3.05) is 0 Å². The molecule has 1 unspecified atom stereocenters. The number of aromatic nitrogens is 1. The highest BCUT2D eigenvalue weighted by molar-refractivity contribution is 5.78. The van der Waals surface area contributed by atoms with Gasteiger partial charge in [0.15, 0.2) is 0 Å².